The summed E-state index contributed by atoms with van der Waals surface area (Å²) in [6.45, 7) is 2.61. The second kappa shape index (κ2) is 10.1. The van der Waals surface area contributed by atoms with Gasteiger partial charge in [-0.1, -0.05) is 11.8 Å². The predicted octanol–water partition coefficient (Wildman–Crippen LogP) is 3.65. The van der Waals surface area contributed by atoms with Crippen LogP contribution in [0.5, 0.6) is 5.75 Å². The summed E-state index contributed by atoms with van der Waals surface area (Å²) < 4.78 is 18.0. The third-order valence-corrected chi connectivity index (χ3v) is 5.95. The highest BCUT2D eigenvalue weighted by molar-refractivity contribution is 7.99. The van der Waals surface area contributed by atoms with Gasteiger partial charge in [0, 0.05) is 25.7 Å². The first kappa shape index (κ1) is 21.0. The van der Waals surface area contributed by atoms with E-state index in [0.29, 0.717) is 41.9 Å². The zero-order valence-electron chi connectivity index (χ0n) is 17.1. The van der Waals surface area contributed by atoms with Gasteiger partial charge in [0.05, 0.1) is 31.0 Å². The predicted molar refractivity (Wildman–Crippen MR) is 118 cm³/mol. The maximum atomic E-state index is 13.1. The number of hydrogen-bond donors (Lipinski definition) is 1. The fourth-order valence-electron chi connectivity index (χ4n) is 3.06. The summed E-state index contributed by atoms with van der Waals surface area (Å²) in [4.78, 5) is 20.9. The minimum atomic E-state index is -0.101. The molecule has 1 N–H and O–H groups in total. The van der Waals surface area contributed by atoms with Crippen molar-refractivity contribution < 1.29 is 14.2 Å². The Balaban J connectivity index is 1.49. The van der Waals surface area contributed by atoms with Gasteiger partial charge in [0.1, 0.15) is 11.3 Å². The summed E-state index contributed by atoms with van der Waals surface area (Å²) in [5.74, 6) is 2.33. The normalized spacial score (nSPS) is 13.8. The van der Waals surface area contributed by atoms with E-state index in [0.717, 1.165) is 30.2 Å². The molecule has 0 amide bonds. The molecule has 7 nitrogen and oxygen atoms in total. The number of benzene rings is 1. The van der Waals surface area contributed by atoms with Crippen molar-refractivity contribution in [1.82, 2.24) is 14.5 Å². The van der Waals surface area contributed by atoms with E-state index in [4.69, 9.17) is 19.2 Å². The number of H-pyrrole nitrogens is 1. The topological polar surface area (TPSA) is 78.4 Å². The Morgan fingerprint density at radius 3 is 2.77 bits per heavy atom. The van der Waals surface area contributed by atoms with Crippen molar-refractivity contribution in [2.45, 2.75) is 24.4 Å². The van der Waals surface area contributed by atoms with Crippen LogP contribution in [0.4, 0.5) is 0 Å². The van der Waals surface area contributed by atoms with Crippen molar-refractivity contribution in [3.8, 4) is 11.4 Å². The highest BCUT2D eigenvalue weighted by Gasteiger charge is 2.22. The minimum absolute atomic E-state index is 0.101. The molecule has 3 aromatic rings. The Hall–Kier alpha value is -2.29. The fourth-order valence-corrected chi connectivity index (χ4v) is 3.99. The SMILES string of the molecule is COCCOCCCSc1nc2cc[nH]c2c(=O)n1-c1ccc(OCC2CC2)cc1. The van der Waals surface area contributed by atoms with Crippen LogP contribution >= 0.6 is 11.8 Å². The van der Waals surface area contributed by atoms with Gasteiger partial charge in [-0.2, -0.15) is 0 Å². The lowest BCUT2D eigenvalue weighted by Crippen LogP contribution is -2.22. The summed E-state index contributed by atoms with van der Waals surface area (Å²) in [5, 5.41) is 0.677. The lowest BCUT2D eigenvalue weighted by molar-refractivity contribution is 0.0713. The molecule has 1 aliphatic carbocycles. The van der Waals surface area contributed by atoms with Crippen LogP contribution in [0.1, 0.15) is 19.3 Å². The maximum Gasteiger partial charge on any atom is 0.283 e. The Morgan fingerprint density at radius 2 is 2.00 bits per heavy atom. The molecule has 0 atom stereocenters. The van der Waals surface area contributed by atoms with Crippen molar-refractivity contribution in [1.29, 1.82) is 0 Å². The van der Waals surface area contributed by atoms with Gasteiger partial charge in [0.2, 0.25) is 0 Å². The lowest BCUT2D eigenvalue weighted by atomic mass is 10.3. The molecule has 2 heterocycles. The molecule has 0 saturated heterocycles. The average molecular weight is 430 g/mol. The van der Waals surface area contributed by atoms with Gasteiger partial charge >= 0.3 is 0 Å². The highest BCUT2D eigenvalue weighted by atomic mass is 32.2. The maximum absolute atomic E-state index is 13.1. The number of ether oxygens (including phenoxy) is 3. The van der Waals surface area contributed by atoms with Gasteiger partial charge in [-0.05, 0) is 55.5 Å². The van der Waals surface area contributed by atoms with Gasteiger partial charge < -0.3 is 19.2 Å². The van der Waals surface area contributed by atoms with Crippen LogP contribution in [0.15, 0.2) is 46.5 Å². The second-order valence-electron chi connectivity index (χ2n) is 7.33. The van der Waals surface area contributed by atoms with Crippen LogP contribution in [0.3, 0.4) is 0 Å². The standard InChI is InChI=1S/C22H27N3O4S/c1-27-12-13-28-11-2-14-30-22-24-19-9-10-23-20(19)21(26)25(22)17-5-7-18(8-6-17)29-15-16-3-4-16/h5-10,16,23H,2-4,11-15H2,1H3. The summed E-state index contributed by atoms with van der Waals surface area (Å²) in [7, 11) is 1.66. The monoisotopic (exact) mass is 429 g/mol. The van der Waals surface area contributed by atoms with Crippen molar-refractivity contribution in [2.75, 3.05) is 39.3 Å². The number of hydrogen-bond acceptors (Lipinski definition) is 6. The quantitative estimate of drug-likeness (QED) is 0.269. The van der Waals surface area contributed by atoms with E-state index in [1.165, 1.54) is 12.8 Å². The van der Waals surface area contributed by atoms with E-state index in [-0.39, 0.29) is 5.56 Å². The molecule has 1 aliphatic rings. The molecular formula is C22H27N3O4S. The summed E-state index contributed by atoms with van der Waals surface area (Å²) >= 11 is 1.56. The van der Waals surface area contributed by atoms with E-state index in [1.807, 2.05) is 30.3 Å². The Labute approximate surface area is 179 Å². The smallest absolute Gasteiger partial charge is 0.283 e. The zero-order valence-corrected chi connectivity index (χ0v) is 18.0. The molecule has 160 valence electrons. The number of rotatable bonds is 12. The number of methoxy groups -OCH3 is 1. The lowest BCUT2D eigenvalue weighted by Gasteiger charge is -2.13. The van der Waals surface area contributed by atoms with Crippen LogP contribution < -0.4 is 10.3 Å². The van der Waals surface area contributed by atoms with Crippen LogP contribution in [0, 0.1) is 5.92 Å². The van der Waals surface area contributed by atoms with Crippen molar-refractivity contribution in [3.63, 3.8) is 0 Å². The molecule has 30 heavy (non-hydrogen) atoms. The summed E-state index contributed by atoms with van der Waals surface area (Å²) in [6, 6.07) is 9.49. The molecule has 1 fully saturated rings. The first-order valence-electron chi connectivity index (χ1n) is 10.3. The largest absolute Gasteiger partial charge is 0.493 e. The van der Waals surface area contributed by atoms with E-state index in [1.54, 1.807) is 29.6 Å². The third kappa shape index (κ3) is 5.24. The van der Waals surface area contributed by atoms with Crippen LogP contribution in [-0.2, 0) is 9.47 Å². The molecule has 1 aromatic carbocycles. The van der Waals surface area contributed by atoms with Crippen molar-refractivity contribution in [2.24, 2.45) is 5.92 Å². The molecule has 0 radical (unpaired) electrons. The molecule has 1 saturated carbocycles. The fraction of sp³-hybridized carbons (Fsp3) is 0.455. The molecule has 0 spiro atoms. The highest BCUT2D eigenvalue weighted by Crippen LogP contribution is 2.30. The Bertz CT molecular complexity index is 1010. The molecule has 0 aliphatic heterocycles. The number of thioether (sulfide) groups is 1. The number of aromatic amines is 1. The average Bonchev–Trinajstić information content (AvgIpc) is 3.47. The van der Waals surface area contributed by atoms with Gasteiger partial charge in [-0.3, -0.25) is 9.36 Å². The molecular weight excluding hydrogens is 402 g/mol. The molecule has 0 bridgehead atoms. The molecule has 8 heteroatoms. The minimum Gasteiger partial charge on any atom is -0.493 e. The molecule has 4 rings (SSSR count). The van der Waals surface area contributed by atoms with Crippen LogP contribution in [-0.4, -0.2) is 53.8 Å². The summed E-state index contributed by atoms with van der Waals surface area (Å²) in [5.41, 5.74) is 1.87. The number of fused-ring (bicyclic) bond motifs is 1. The Morgan fingerprint density at radius 1 is 1.17 bits per heavy atom. The van der Waals surface area contributed by atoms with Crippen LogP contribution in [0.2, 0.25) is 0 Å². The number of nitrogens with one attached hydrogen (secondary N) is 1. The third-order valence-electron chi connectivity index (χ3n) is 4.92. The summed E-state index contributed by atoms with van der Waals surface area (Å²) in [6.07, 6.45) is 5.13. The first-order chi connectivity index (χ1) is 14.8. The van der Waals surface area contributed by atoms with Crippen LogP contribution in [0.25, 0.3) is 16.7 Å². The van der Waals surface area contributed by atoms with Gasteiger partial charge in [-0.25, -0.2) is 4.98 Å². The van der Waals surface area contributed by atoms with Crippen molar-refractivity contribution >= 4 is 22.8 Å². The van der Waals surface area contributed by atoms with Crippen molar-refractivity contribution in [3.05, 3.63) is 46.9 Å². The first-order valence-corrected chi connectivity index (χ1v) is 11.3. The van der Waals surface area contributed by atoms with Gasteiger partial charge in [0.15, 0.2) is 5.16 Å². The molecule has 2 aromatic heterocycles. The van der Waals surface area contributed by atoms with Gasteiger partial charge in [-0.15, -0.1) is 0 Å². The number of nitrogens with zero attached hydrogens (tertiary/aromatic N) is 2. The van der Waals surface area contributed by atoms with E-state index >= 15 is 0 Å². The number of aromatic nitrogens is 3. The van der Waals surface area contributed by atoms with E-state index in [2.05, 4.69) is 4.98 Å². The van der Waals surface area contributed by atoms with E-state index in [9.17, 15) is 4.79 Å². The Kier molecular flexibility index (Phi) is 7.09. The van der Waals surface area contributed by atoms with E-state index < -0.39 is 0 Å². The van der Waals surface area contributed by atoms with Gasteiger partial charge in [0.25, 0.3) is 5.56 Å². The molecule has 0 unspecified atom stereocenters. The second-order valence-corrected chi connectivity index (χ2v) is 8.39. The zero-order chi connectivity index (χ0) is 20.8.